The van der Waals surface area contributed by atoms with E-state index in [1.54, 1.807) is 12.1 Å². The topological polar surface area (TPSA) is 54.7 Å². The first-order valence-electron chi connectivity index (χ1n) is 5.23. The third-order valence-electron chi connectivity index (χ3n) is 2.44. The fraction of sp³-hybridized carbons (Fsp3) is 0.0769. The monoisotopic (exact) mass is 246 g/mol. The number of benzene rings is 1. The van der Waals surface area contributed by atoms with Crippen LogP contribution in [0.25, 0.3) is 0 Å². The third kappa shape index (κ3) is 2.45. The van der Waals surface area contributed by atoms with Gasteiger partial charge in [0.25, 0.3) is 0 Å². The molecule has 0 aliphatic carbocycles. The molecule has 1 aromatic heterocycles. The van der Waals surface area contributed by atoms with Gasteiger partial charge in [-0.2, -0.15) is 0 Å². The molecule has 0 radical (unpaired) electrons. The summed E-state index contributed by atoms with van der Waals surface area (Å²) in [6.45, 7) is 0. The summed E-state index contributed by atoms with van der Waals surface area (Å²) in [5.41, 5.74) is 1.54. The Morgan fingerprint density at radius 3 is 2.33 bits per heavy atom. The molecular formula is C13H11FN2O2. The summed E-state index contributed by atoms with van der Waals surface area (Å²) in [5.74, 6) is 0.124. The predicted molar refractivity (Wildman–Crippen MR) is 64.6 cm³/mol. The molecular weight excluding hydrogens is 235 g/mol. The molecule has 2 aromatic rings. The lowest BCUT2D eigenvalue weighted by Crippen LogP contribution is -2.04. The fourth-order valence-electron chi connectivity index (χ4n) is 1.53. The van der Waals surface area contributed by atoms with Crippen molar-refractivity contribution >= 4 is 5.71 Å². The van der Waals surface area contributed by atoms with Crippen LogP contribution in [0.5, 0.6) is 5.88 Å². The van der Waals surface area contributed by atoms with Gasteiger partial charge in [-0.15, -0.1) is 0 Å². The quantitative estimate of drug-likeness (QED) is 0.514. The Kier molecular flexibility index (Phi) is 3.52. The molecule has 0 spiro atoms. The summed E-state index contributed by atoms with van der Waals surface area (Å²) >= 11 is 0. The van der Waals surface area contributed by atoms with Crippen LogP contribution in [0.3, 0.4) is 0 Å². The number of aromatic nitrogens is 1. The van der Waals surface area contributed by atoms with Crippen molar-refractivity contribution in [3.05, 3.63) is 59.5 Å². The molecule has 0 aliphatic rings. The van der Waals surface area contributed by atoms with E-state index in [2.05, 4.69) is 10.1 Å². The molecule has 18 heavy (non-hydrogen) atoms. The lowest BCUT2D eigenvalue weighted by atomic mass is 10.0. The Hall–Kier alpha value is -2.43. The van der Waals surface area contributed by atoms with Gasteiger partial charge in [0, 0.05) is 23.4 Å². The van der Waals surface area contributed by atoms with Gasteiger partial charge in [0.05, 0.1) is 7.11 Å². The molecule has 4 nitrogen and oxygen atoms in total. The Labute approximate surface area is 103 Å². The van der Waals surface area contributed by atoms with Gasteiger partial charge in [-0.25, -0.2) is 9.37 Å². The minimum Gasteiger partial charge on any atom is -0.481 e. The number of rotatable bonds is 3. The van der Waals surface area contributed by atoms with Crippen LogP contribution in [0.1, 0.15) is 11.1 Å². The highest BCUT2D eigenvalue weighted by Gasteiger charge is 2.08. The molecule has 0 saturated carbocycles. The number of halogens is 1. The first-order valence-corrected chi connectivity index (χ1v) is 5.23. The van der Waals surface area contributed by atoms with E-state index in [-0.39, 0.29) is 5.82 Å². The summed E-state index contributed by atoms with van der Waals surface area (Å²) in [7, 11) is 1.52. The molecule has 92 valence electrons. The molecule has 5 heteroatoms. The van der Waals surface area contributed by atoms with Crippen LogP contribution >= 0.6 is 0 Å². The van der Waals surface area contributed by atoms with Gasteiger partial charge in [-0.3, -0.25) is 0 Å². The van der Waals surface area contributed by atoms with Crippen molar-refractivity contribution in [2.75, 3.05) is 7.11 Å². The minimum atomic E-state index is -0.344. The van der Waals surface area contributed by atoms with Crippen molar-refractivity contribution in [1.82, 2.24) is 4.98 Å². The van der Waals surface area contributed by atoms with Gasteiger partial charge >= 0.3 is 0 Å². The highest BCUT2D eigenvalue weighted by Crippen LogP contribution is 2.13. The van der Waals surface area contributed by atoms with Crippen molar-refractivity contribution in [1.29, 1.82) is 0 Å². The Bertz CT molecular complexity index is 550. The van der Waals surface area contributed by atoms with E-state index < -0.39 is 0 Å². The maximum Gasteiger partial charge on any atom is 0.212 e. The van der Waals surface area contributed by atoms with Gasteiger partial charge in [0.2, 0.25) is 5.88 Å². The zero-order valence-corrected chi connectivity index (χ0v) is 9.67. The standard InChI is InChI=1S/C13H11FN2O2/c1-18-12-7-4-10(8-15-12)13(16-17)9-2-5-11(14)6-3-9/h2-8,17H,1H3/b16-13+. The Morgan fingerprint density at radius 1 is 1.17 bits per heavy atom. The minimum absolute atomic E-state index is 0.324. The third-order valence-corrected chi connectivity index (χ3v) is 2.44. The Morgan fingerprint density at radius 2 is 1.83 bits per heavy atom. The highest BCUT2D eigenvalue weighted by atomic mass is 19.1. The van der Waals surface area contributed by atoms with Crippen molar-refractivity contribution in [2.24, 2.45) is 5.16 Å². The van der Waals surface area contributed by atoms with Crippen molar-refractivity contribution in [3.63, 3.8) is 0 Å². The summed E-state index contributed by atoms with van der Waals surface area (Å²) < 4.78 is 17.8. The van der Waals surface area contributed by atoms with Crippen LogP contribution in [-0.2, 0) is 0 Å². The van der Waals surface area contributed by atoms with Crippen LogP contribution in [-0.4, -0.2) is 23.0 Å². The van der Waals surface area contributed by atoms with Crippen molar-refractivity contribution < 1.29 is 14.3 Å². The number of pyridine rings is 1. The van der Waals surface area contributed by atoms with E-state index in [9.17, 15) is 4.39 Å². The van der Waals surface area contributed by atoms with Crippen LogP contribution in [0.15, 0.2) is 47.8 Å². The molecule has 0 atom stereocenters. The summed E-state index contributed by atoms with van der Waals surface area (Å²) in [6, 6.07) is 9.05. The van der Waals surface area contributed by atoms with Crippen LogP contribution in [0.4, 0.5) is 4.39 Å². The number of nitrogens with zero attached hydrogens (tertiary/aromatic N) is 2. The number of methoxy groups -OCH3 is 1. The summed E-state index contributed by atoms with van der Waals surface area (Å²) in [4.78, 5) is 4.02. The van der Waals surface area contributed by atoms with E-state index in [0.717, 1.165) is 0 Å². The fourth-order valence-corrected chi connectivity index (χ4v) is 1.53. The number of ether oxygens (including phenoxy) is 1. The average molecular weight is 246 g/mol. The normalized spacial score (nSPS) is 11.3. The number of oxime groups is 1. The van der Waals surface area contributed by atoms with E-state index >= 15 is 0 Å². The number of hydrogen-bond acceptors (Lipinski definition) is 4. The smallest absolute Gasteiger partial charge is 0.212 e. The molecule has 0 aliphatic heterocycles. The molecule has 0 fully saturated rings. The summed E-state index contributed by atoms with van der Waals surface area (Å²) in [6.07, 6.45) is 1.53. The molecule has 0 saturated heterocycles. The van der Waals surface area contributed by atoms with Crippen LogP contribution in [0.2, 0.25) is 0 Å². The molecule has 1 N–H and O–H groups in total. The van der Waals surface area contributed by atoms with Crippen molar-refractivity contribution in [2.45, 2.75) is 0 Å². The van der Waals surface area contributed by atoms with E-state index in [4.69, 9.17) is 9.94 Å². The SMILES string of the molecule is COc1ccc(/C(=N/O)c2ccc(F)cc2)cn1. The molecule has 0 unspecified atom stereocenters. The van der Waals surface area contributed by atoms with Gasteiger partial charge in [-0.05, 0) is 30.3 Å². The van der Waals surface area contributed by atoms with Crippen LogP contribution in [0, 0.1) is 5.82 Å². The van der Waals surface area contributed by atoms with E-state index in [1.165, 1.54) is 37.6 Å². The zero-order chi connectivity index (χ0) is 13.0. The molecule has 2 rings (SSSR count). The molecule has 1 heterocycles. The van der Waals surface area contributed by atoms with Gasteiger partial charge < -0.3 is 9.94 Å². The lowest BCUT2D eigenvalue weighted by molar-refractivity contribution is 0.319. The van der Waals surface area contributed by atoms with E-state index in [0.29, 0.717) is 22.7 Å². The van der Waals surface area contributed by atoms with Gasteiger partial charge in [-0.1, -0.05) is 5.16 Å². The van der Waals surface area contributed by atoms with Gasteiger partial charge in [0.15, 0.2) is 0 Å². The lowest BCUT2D eigenvalue weighted by Gasteiger charge is -2.05. The summed E-state index contributed by atoms with van der Waals surface area (Å²) in [5, 5.41) is 12.3. The molecule has 0 amide bonds. The maximum atomic E-state index is 12.8. The Balaban J connectivity index is 2.36. The first kappa shape index (κ1) is 12.0. The van der Waals surface area contributed by atoms with Gasteiger partial charge in [0.1, 0.15) is 11.5 Å². The maximum absolute atomic E-state index is 12.8. The van der Waals surface area contributed by atoms with E-state index in [1.807, 2.05) is 0 Å². The second-order valence-corrected chi connectivity index (χ2v) is 3.54. The molecule has 0 bridgehead atoms. The average Bonchev–Trinajstić information content (AvgIpc) is 2.42. The zero-order valence-electron chi connectivity index (χ0n) is 9.67. The number of hydrogen-bond donors (Lipinski definition) is 1. The predicted octanol–water partition coefficient (Wildman–Crippen LogP) is 2.46. The second kappa shape index (κ2) is 5.27. The molecule has 1 aromatic carbocycles. The largest absolute Gasteiger partial charge is 0.481 e. The first-order chi connectivity index (χ1) is 8.74. The van der Waals surface area contributed by atoms with Crippen LogP contribution < -0.4 is 4.74 Å². The highest BCUT2D eigenvalue weighted by molar-refractivity contribution is 6.12. The van der Waals surface area contributed by atoms with Crippen molar-refractivity contribution in [3.8, 4) is 5.88 Å². The second-order valence-electron chi connectivity index (χ2n) is 3.54.